The van der Waals surface area contributed by atoms with Gasteiger partial charge in [0.1, 0.15) is 6.54 Å². The molecular weight excluding hydrogens is 170 g/mol. The summed E-state index contributed by atoms with van der Waals surface area (Å²) in [6.45, 7) is 10.3. The molecule has 0 aliphatic rings. The van der Waals surface area contributed by atoms with Crippen LogP contribution >= 0.6 is 0 Å². The smallest absolute Gasteiger partial charge is 0.104 e. The Morgan fingerprint density at radius 2 is 2.00 bits per heavy atom. The summed E-state index contributed by atoms with van der Waals surface area (Å²) in [5.41, 5.74) is 1.38. The van der Waals surface area contributed by atoms with E-state index in [1.165, 1.54) is 18.5 Å². The normalized spacial score (nSPS) is 13.6. The van der Waals surface area contributed by atoms with E-state index in [0.29, 0.717) is 0 Å². The van der Waals surface area contributed by atoms with Crippen LogP contribution in [0.25, 0.3) is 0 Å². The molecule has 0 unspecified atom stereocenters. The molecule has 0 aromatic heterocycles. The fraction of sp³-hybridized carbons (Fsp3) is 0.538. The maximum absolute atomic E-state index is 3.68. The summed E-state index contributed by atoms with van der Waals surface area (Å²) in [4.78, 5) is 0. The Balaban J connectivity index is 4.31. The van der Waals surface area contributed by atoms with Crippen LogP contribution in [-0.2, 0) is 0 Å². The Morgan fingerprint density at radius 3 is 2.43 bits per heavy atom. The molecule has 0 saturated carbocycles. The Labute approximate surface area is 89.0 Å². The lowest BCUT2D eigenvalue weighted by Crippen LogP contribution is -2.41. The summed E-state index contributed by atoms with van der Waals surface area (Å²) in [6, 6.07) is 0. The zero-order valence-corrected chi connectivity index (χ0v) is 10.1. The molecule has 0 aromatic carbocycles. The van der Waals surface area contributed by atoms with E-state index in [4.69, 9.17) is 0 Å². The molecule has 0 N–H and O–H groups in total. The minimum Gasteiger partial charge on any atom is -0.325 e. The number of hydrogen-bond donors (Lipinski definition) is 0. The van der Waals surface area contributed by atoms with Gasteiger partial charge in [0.2, 0.25) is 0 Å². The van der Waals surface area contributed by atoms with Gasteiger partial charge in [-0.15, -0.1) is 0 Å². The zero-order valence-electron chi connectivity index (χ0n) is 10.1. The standard InChI is InChI=1S/C13H24N/c1-6-9-10-13(8-3)12-14(4,5)11-7-2/h6,8-10H,1,7,11-12H2,2-5H3/q+1/b10-9-,13-8+. The molecule has 0 rings (SSSR count). The van der Waals surface area contributed by atoms with Crippen molar-refractivity contribution in [3.8, 4) is 0 Å². The second-order valence-corrected chi connectivity index (χ2v) is 4.28. The third-order valence-corrected chi connectivity index (χ3v) is 2.26. The number of quaternary nitrogens is 1. The number of hydrogen-bond acceptors (Lipinski definition) is 0. The first-order valence-corrected chi connectivity index (χ1v) is 5.32. The molecule has 0 atom stereocenters. The molecule has 0 saturated heterocycles. The quantitative estimate of drug-likeness (QED) is 0.450. The number of nitrogens with zero attached hydrogens (tertiary/aromatic N) is 1. The minimum atomic E-state index is 1.05. The van der Waals surface area contributed by atoms with Crippen molar-refractivity contribution in [2.75, 3.05) is 27.2 Å². The fourth-order valence-corrected chi connectivity index (χ4v) is 1.61. The average Bonchev–Trinajstić information content (AvgIpc) is 2.12. The van der Waals surface area contributed by atoms with Gasteiger partial charge in [-0.25, -0.2) is 0 Å². The van der Waals surface area contributed by atoms with E-state index in [2.05, 4.69) is 46.7 Å². The van der Waals surface area contributed by atoms with Gasteiger partial charge in [0.15, 0.2) is 0 Å². The highest BCUT2D eigenvalue weighted by Crippen LogP contribution is 2.07. The van der Waals surface area contributed by atoms with Gasteiger partial charge in [0, 0.05) is 5.57 Å². The van der Waals surface area contributed by atoms with Crippen molar-refractivity contribution in [2.45, 2.75) is 20.3 Å². The first kappa shape index (κ1) is 13.2. The highest BCUT2D eigenvalue weighted by Gasteiger charge is 2.13. The minimum absolute atomic E-state index is 1.05. The van der Waals surface area contributed by atoms with E-state index in [0.717, 1.165) is 11.0 Å². The van der Waals surface area contributed by atoms with Crippen LogP contribution in [0.2, 0.25) is 0 Å². The molecule has 0 bridgehead atoms. The number of allylic oxidation sites excluding steroid dienone is 3. The van der Waals surface area contributed by atoms with E-state index in [-0.39, 0.29) is 0 Å². The Bertz CT molecular complexity index is 221. The summed E-state index contributed by atoms with van der Waals surface area (Å²) >= 11 is 0. The summed E-state index contributed by atoms with van der Waals surface area (Å²) < 4.78 is 1.05. The largest absolute Gasteiger partial charge is 0.325 e. The van der Waals surface area contributed by atoms with Crippen molar-refractivity contribution in [3.05, 3.63) is 36.5 Å². The van der Waals surface area contributed by atoms with Crippen LogP contribution in [0.1, 0.15) is 20.3 Å². The SMILES string of the molecule is C=C/C=C\C(=C/C)C[N+](C)(C)CCC. The van der Waals surface area contributed by atoms with E-state index in [1.54, 1.807) is 0 Å². The van der Waals surface area contributed by atoms with Crippen molar-refractivity contribution in [1.29, 1.82) is 0 Å². The molecule has 0 amide bonds. The Hall–Kier alpha value is -0.820. The summed E-state index contributed by atoms with van der Waals surface area (Å²) in [7, 11) is 4.55. The van der Waals surface area contributed by atoms with Crippen LogP contribution in [0.3, 0.4) is 0 Å². The van der Waals surface area contributed by atoms with E-state index in [9.17, 15) is 0 Å². The molecule has 0 fully saturated rings. The van der Waals surface area contributed by atoms with Gasteiger partial charge >= 0.3 is 0 Å². The maximum atomic E-state index is 3.68. The third kappa shape index (κ3) is 5.76. The van der Waals surface area contributed by atoms with E-state index in [1.807, 2.05) is 12.2 Å². The van der Waals surface area contributed by atoms with Gasteiger partial charge in [-0.3, -0.25) is 0 Å². The first-order valence-electron chi connectivity index (χ1n) is 5.32. The van der Waals surface area contributed by atoms with Gasteiger partial charge < -0.3 is 4.48 Å². The van der Waals surface area contributed by atoms with Crippen LogP contribution in [-0.4, -0.2) is 31.7 Å². The average molecular weight is 194 g/mol. The van der Waals surface area contributed by atoms with Crippen LogP contribution in [0, 0.1) is 0 Å². The highest BCUT2D eigenvalue weighted by atomic mass is 15.3. The van der Waals surface area contributed by atoms with Gasteiger partial charge in [0.25, 0.3) is 0 Å². The van der Waals surface area contributed by atoms with Crippen LogP contribution in [0.4, 0.5) is 0 Å². The summed E-state index contributed by atoms with van der Waals surface area (Å²) in [5, 5.41) is 0. The van der Waals surface area contributed by atoms with Crippen LogP contribution < -0.4 is 0 Å². The van der Waals surface area contributed by atoms with Crippen molar-refractivity contribution >= 4 is 0 Å². The Kier molecular flexibility index (Phi) is 6.22. The first-order chi connectivity index (χ1) is 6.55. The molecule has 0 spiro atoms. The van der Waals surface area contributed by atoms with Gasteiger partial charge in [0.05, 0.1) is 20.6 Å². The molecule has 0 heterocycles. The van der Waals surface area contributed by atoms with Crippen LogP contribution in [0.5, 0.6) is 0 Å². The molecule has 14 heavy (non-hydrogen) atoms. The zero-order chi connectivity index (χ0) is 11.0. The van der Waals surface area contributed by atoms with E-state index >= 15 is 0 Å². The second-order valence-electron chi connectivity index (χ2n) is 4.28. The third-order valence-electron chi connectivity index (χ3n) is 2.26. The molecule has 1 nitrogen and oxygen atoms in total. The molecule has 80 valence electrons. The highest BCUT2D eigenvalue weighted by molar-refractivity contribution is 5.21. The lowest BCUT2D eigenvalue weighted by molar-refractivity contribution is -0.885. The lowest BCUT2D eigenvalue weighted by Gasteiger charge is -2.29. The number of rotatable bonds is 6. The van der Waals surface area contributed by atoms with Crippen molar-refractivity contribution in [2.24, 2.45) is 0 Å². The molecule has 0 aliphatic heterocycles. The predicted molar refractivity (Wildman–Crippen MR) is 65.2 cm³/mol. The van der Waals surface area contributed by atoms with Crippen molar-refractivity contribution in [3.63, 3.8) is 0 Å². The monoisotopic (exact) mass is 194 g/mol. The number of likely N-dealkylation sites (N-methyl/N-ethyl adjacent to an activating group) is 1. The lowest BCUT2D eigenvalue weighted by atomic mass is 10.2. The predicted octanol–water partition coefficient (Wildman–Crippen LogP) is 3.16. The van der Waals surface area contributed by atoms with Gasteiger partial charge in [-0.1, -0.05) is 37.8 Å². The molecule has 0 aliphatic carbocycles. The molecule has 0 radical (unpaired) electrons. The molecule has 0 aromatic rings. The van der Waals surface area contributed by atoms with Crippen molar-refractivity contribution in [1.82, 2.24) is 0 Å². The second kappa shape index (κ2) is 6.61. The van der Waals surface area contributed by atoms with Crippen molar-refractivity contribution < 1.29 is 4.48 Å². The maximum Gasteiger partial charge on any atom is 0.104 e. The Morgan fingerprint density at radius 1 is 1.36 bits per heavy atom. The topological polar surface area (TPSA) is 0 Å². The fourth-order valence-electron chi connectivity index (χ4n) is 1.61. The summed E-state index contributed by atoms with van der Waals surface area (Å²) in [6.07, 6.45) is 9.37. The molecule has 1 heteroatoms. The van der Waals surface area contributed by atoms with E-state index < -0.39 is 0 Å². The molecular formula is C13H24N+. The van der Waals surface area contributed by atoms with Crippen LogP contribution in [0.15, 0.2) is 36.5 Å². The summed E-state index contributed by atoms with van der Waals surface area (Å²) in [5.74, 6) is 0. The van der Waals surface area contributed by atoms with Gasteiger partial charge in [-0.05, 0) is 13.3 Å². The van der Waals surface area contributed by atoms with Gasteiger partial charge in [-0.2, -0.15) is 0 Å².